The van der Waals surface area contributed by atoms with Crippen LogP contribution in [0.3, 0.4) is 0 Å². The molecule has 0 radical (unpaired) electrons. The summed E-state index contributed by atoms with van der Waals surface area (Å²) in [4.78, 5) is 18.2. The number of thiazole rings is 1. The van der Waals surface area contributed by atoms with Crippen molar-refractivity contribution in [3.05, 3.63) is 87.2 Å². The van der Waals surface area contributed by atoms with Gasteiger partial charge in [-0.15, -0.1) is 0 Å². The molecule has 3 nitrogen and oxygen atoms in total. The first-order valence-corrected chi connectivity index (χ1v) is 8.52. The zero-order valence-electron chi connectivity index (χ0n) is 12.6. The van der Waals surface area contributed by atoms with Crippen LogP contribution in [-0.2, 0) is 0 Å². The zero-order chi connectivity index (χ0) is 16.1. The Hall–Kier alpha value is -2.98. The Kier molecular flexibility index (Phi) is 2.81. The SMILES string of the molecule is O=c1/c(=C/c2cccc3ccccc23)sc2nc3ccccc3n12. The fraction of sp³-hybridized carbons (Fsp3) is 0. The number of benzene rings is 3. The van der Waals surface area contributed by atoms with Gasteiger partial charge in [0.25, 0.3) is 5.56 Å². The lowest BCUT2D eigenvalue weighted by molar-refractivity contribution is 1.19. The molecule has 2 heterocycles. The minimum atomic E-state index is -0.00312. The van der Waals surface area contributed by atoms with Gasteiger partial charge in [0.15, 0.2) is 4.96 Å². The van der Waals surface area contributed by atoms with Gasteiger partial charge >= 0.3 is 0 Å². The van der Waals surface area contributed by atoms with Crippen molar-refractivity contribution >= 4 is 44.2 Å². The largest absolute Gasteiger partial charge is 0.274 e. The van der Waals surface area contributed by atoms with Crippen molar-refractivity contribution in [2.75, 3.05) is 0 Å². The predicted octanol–water partition coefficient (Wildman–Crippen LogP) is 3.61. The summed E-state index contributed by atoms with van der Waals surface area (Å²) in [5, 5.41) is 2.32. The van der Waals surface area contributed by atoms with Crippen LogP contribution in [0.1, 0.15) is 5.56 Å². The molecule has 0 aliphatic carbocycles. The smallest absolute Gasteiger partial charge is 0.267 e. The Bertz CT molecular complexity index is 1330. The molecule has 0 saturated heterocycles. The highest BCUT2D eigenvalue weighted by atomic mass is 32.1. The molecule has 3 aromatic carbocycles. The van der Waals surface area contributed by atoms with Crippen LogP contribution in [-0.4, -0.2) is 9.38 Å². The molecule has 0 saturated carbocycles. The van der Waals surface area contributed by atoms with Crippen LogP contribution in [0.15, 0.2) is 71.5 Å². The summed E-state index contributed by atoms with van der Waals surface area (Å²) < 4.78 is 2.41. The molecular formula is C20H12N2OS. The summed E-state index contributed by atoms with van der Waals surface area (Å²) in [6.07, 6.45) is 1.97. The van der Waals surface area contributed by atoms with Crippen molar-refractivity contribution in [1.82, 2.24) is 9.38 Å². The third-order valence-corrected chi connectivity index (χ3v) is 5.22. The summed E-state index contributed by atoms with van der Waals surface area (Å²) in [5.74, 6) is 0. The highest BCUT2D eigenvalue weighted by Gasteiger charge is 2.10. The molecule has 2 aromatic heterocycles. The van der Waals surface area contributed by atoms with Crippen LogP contribution in [0.5, 0.6) is 0 Å². The number of imidazole rings is 1. The second kappa shape index (κ2) is 5.01. The van der Waals surface area contributed by atoms with Crippen LogP contribution in [0.25, 0.3) is 32.8 Å². The molecule has 5 rings (SSSR count). The van der Waals surface area contributed by atoms with E-state index in [-0.39, 0.29) is 5.56 Å². The van der Waals surface area contributed by atoms with Crippen LogP contribution < -0.4 is 10.1 Å². The van der Waals surface area contributed by atoms with E-state index in [4.69, 9.17) is 0 Å². The Balaban J connectivity index is 1.84. The van der Waals surface area contributed by atoms with E-state index in [0.717, 1.165) is 26.9 Å². The molecule has 0 atom stereocenters. The van der Waals surface area contributed by atoms with E-state index in [9.17, 15) is 4.79 Å². The number of hydrogen-bond donors (Lipinski definition) is 0. The van der Waals surface area contributed by atoms with Gasteiger partial charge in [0, 0.05) is 0 Å². The normalized spacial score (nSPS) is 12.6. The Morgan fingerprint density at radius 2 is 1.71 bits per heavy atom. The number of para-hydroxylation sites is 2. The highest BCUT2D eigenvalue weighted by Crippen LogP contribution is 2.20. The molecule has 5 aromatic rings. The number of hydrogen-bond acceptors (Lipinski definition) is 3. The third-order valence-electron chi connectivity index (χ3n) is 4.26. The first-order chi connectivity index (χ1) is 11.8. The summed E-state index contributed by atoms with van der Waals surface area (Å²) >= 11 is 1.44. The van der Waals surface area contributed by atoms with Crippen LogP contribution in [0.4, 0.5) is 0 Å². The lowest BCUT2D eigenvalue weighted by Gasteiger charge is -2.00. The second-order valence-corrected chi connectivity index (χ2v) is 6.71. The van der Waals surface area contributed by atoms with Gasteiger partial charge < -0.3 is 0 Å². The maximum atomic E-state index is 12.8. The van der Waals surface area contributed by atoms with Gasteiger partial charge in [-0.25, -0.2) is 9.38 Å². The topological polar surface area (TPSA) is 34.4 Å². The van der Waals surface area contributed by atoms with Gasteiger partial charge in [0.05, 0.1) is 15.6 Å². The van der Waals surface area contributed by atoms with Crippen molar-refractivity contribution in [3.63, 3.8) is 0 Å². The molecular weight excluding hydrogens is 316 g/mol. The molecule has 0 bridgehead atoms. The molecule has 0 N–H and O–H groups in total. The number of fused-ring (bicyclic) bond motifs is 4. The van der Waals surface area contributed by atoms with E-state index in [1.54, 1.807) is 4.40 Å². The van der Waals surface area contributed by atoms with Gasteiger partial charge in [0.1, 0.15) is 0 Å². The number of aromatic nitrogens is 2. The van der Waals surface area contributed by atoms with E-state index in [2.05, 4.69) is 23.2 Å². The summed E-state index contributed by atoms with van der Waals surface area (Å²) in [6, 6.07) is 22.1. The molecule has 24 heavy (non-hydrogen) atoms. The maximum Gasteiger partial charge on any atom is 0.274 e. The summed E-state index contributed by atoms with van der Waals surface area (Å²) in [5.41, 5.74) is 2.78. The van der Waals surface area contributed by atoms with Gasteiger partial charge in [-0.3, -0.25) is 4.79 Å². The zero-order valence-corrected chi connectivity index (χ0v) is 13.5. The lowest BCUT2D eigenvalue weighted by Crippen LogP contribution is -2.22. The Morgan fingerprint density at radius 3 is 2.67 bits per heavy atom. The van der Waals surface area contributed by atoms with Crippen LogP contribution >= 0.6 is 11.3 Å². The summed E-state index contributed by atoms with van der Waals surface area (Å²) in [7, 11) is 0. The molecule has 0 aliphatic rings. The third kappa shape index (κ3) is 1.90. The van der Waals surface area contributed by atoms with Crippen LogP contribution in [0.2, 0.25) is 0 Å². The highest BCUT2D eigenvalue weighted by molar-refractivity contribution is 7.15. The van der Waals surface area contributed by atoms with E-state index in [1.165, 1.54) is 16.7 Å². The van der Waals surface area contributed by atoms with Crippen LogP contribution in [0, 0.1) is 0 Å². The molecule has 0 spiro atoms. The fourth-order valence-corrected chi connectivity index (χ4v) is 4.11. The minimum absolute atomic E-state index is 0.00312. The molecule has 0 fully saturated rings. The monoisotopic (exact) mass is 328 g/mol. The van der Waals surface area contributed by atoms with Gasteiger partial charge in [-0.05, 0) is 34.5 Å². The lowest BCUT2D eigenvalue weighted by atomic mass is 10.0. The quantitative estimate of drug-likeness (QED) is 0.471. The van der Waals surface area contributed by atoms with E-state index in [0.29, 0.717) is 4.53 Å². The van der Waals surface area contributed by atoms with Crippen molar-refractivity contribution in [2.45, 2.75) is 0 Å². The molecule has 4 heteroatoms. The van der Waals surface area contributed by atoms with E-state index < -0.39 is 0 Å². The first kappa shape index (κ1) is 13.5. The Morgan fingerprint density at radius 1 is 0.917 bits per heavy atom. The average molecular weight is 328 g/mol. The Labute approximate surface area is 141 Å². The van der Waals surface area contributed by atoms with E-state index in [1.807, 2.05) is 54.6 Å². The van der Waals surface area contributed by atoms with Crippen molar-refractivity contribution in [3.8, 4) is 0 Å². The first-order valence-electron chi connectivity index (χ1n) is 7.71. The van der Waals surface area contributed by atoms with Gasteiger partial charge in [-0.1, -0.05) is 65.9 Å². The fourth-order valence-electron chi connectivity index (χ4n) is 3.13. The molecule has 0 unspecified atom stereocenters. The second-order valence-electron chi connectivity index (χ2n) is 5.70. The van der Waals surface area contributed by atoms with Crippen molar-refractivity contribution < 1.29 is 0 Å². The van der Waals surface area contributed by atoms with Gasteiger partial charge in [-0.2, -0.15) is 0 Å². The predicted molar refractivity (Wildman–Crippen MR) is 99.6 cm³/mol. The van der Waals surface area contributed by atoms with Crippen molar-refractivity contribution in [1.29, 1.82) is 0 Å². The molecule has 0 amide bonds. The number of nitrogens with zero attached hydrogens (tertiary/aromatic N) is 2. The standard InChI is InChI=1S/C20H12N2OS/c23-19-18(12-14-8-5-7-13-6-1-2-9-15(13)14)24-20-21-16-10-3-4-11-17(16)22(19)20/h1-12H/b18-12-. The van der Waals surface area contributed by atoms with E-state index >= 15 is 0 Å². The average Bonchev–Trinajstić information content (AvgIpc) is 3.12. The molecule has 0 aliphatic heterocycles. The van der Waals surface area contributed by atoms with Gasteiger partial charge in [0.2, 0.25) is 0 Å². The maximum absolute atomic E-state index is 12.8. The molecule has 114 valence electrons. The van der Waals surface area contributed by atoms with Crippen molar-refractivity contribution in [2.24, 2.45) is 0 Å². The minimum Gasteiger partial charge on any atom is -0.267 e. The summed E-state index contributed by atoms with van der Waals surface area (Å²) in [6.45, 7) is 0. The number of rotatable bonds is 1.